The molecule has 1 aliphatic heterocycles. The van der Waals surface area contributed by atoms with Crippen molar-refractivity contribution in [1.82, 2.24) is 19.8 Å². The minimum Gasteiger partial charge on any atom is -0.484 e. The Labute approximate surface area is 167 Å². The summed E-state index contributed by atoms with van der Waals surface area (Å²) in [6, 6.07) is 5.98. The van der Waals surface area contributed by atoms with Gasteiger partial charge in [0.05, 0.1) is 0 Å². The number of hydrogen-bond donors (Lipinski definition) is 1. The Morgan fingerprint density at radius 3 is 2.81 bits per heavy atom. The predicted octanol–water partition coefficient (Wildman–Crippen LogP) is 2.83. The van der Waals surface area contributed by atoms with Crippen LogP contribution in [-0.4, -0.2) is 46.6 Å². The molecule has 1 atom stereocenters. The lowest BCUT2D eigenvalue weighted by Gasteiger charge is -2.35. The number of benzene rings is 1. The Balaban J connectivity index is 0.00000261. The van der Waals surface area contributed by atoms with Crippen LogP contribution in [0.3, 0.4) is 0 Å². The number of aromatic nitrogens is 2. The van der Waals surface area contributed by atoms with Gasteiger partial charge in [0.15, 0.2) is 6.61 Å². The molecule has 1 N–H and O–H groups in total. The van der Waals surface area contributed by atoms with Crippen LogP contribution in [0.5, 0.6) is 5.75 Å². The number of imidazole rings is 1. The highest BCUT2D eigenvalue weighted by molar-refractivity contribution is 5.85. The molecule has 1 aliphatic rings. The summed E-state index contributed by atoms with van der Waals surface area (Å²) in [5.41, 5.74) is 2.50. The van der Waals surface area contributed by atoms with Crippen molar-refractivity contribution < 1.29 is 9.53 Å². The summed E-state index contributed by atoms with van der Waals surface area (Å²) in [6.07, 6.45) is 3.67. The second-order valence-electron chi connectivity index (χ2n) is 7.17. The van der Waals surface area contributed by atoms with Crippen molar-refractivity contribution in [2.45, 2.75) is 32.7 Å². The van der Waals surface area contributed by atoms with E-state index in [9.17, 15) is 4.79 Å². The average Bonchev–Trinajstić information content (AvgIpc) is 3.05. The Morgan fingerprint density at radius 1 is 1.41 bits per heavy atom. The zero-order valence-electron chi connectivity index (χ0n) is 16.4. The molecular formula is C20H29ClN4O2. The van der Waals surface area contributed by atoms with Gasteiger partial charge in [0.1, 0.15) is 17.6 Å². The quantitative estimate of drug-likeness (QED) is 0.850. The summed E-state index contributed by atoms with van der Waals surface area (Å²) in [6.45, 7) is 8.63. The van der Waals surface area contributed by atoms with Gasteiger partial charge in [-0.1, -0.05) is 19.9 Å². The molecular weight excluding hydrogens is 364 g/mol. The Bertz CT molecular complexity index is 775. The van der Waals surface area contributed by atoms with Crippen LogP contribution in [0.4, 0.5) is 0 Å². The van der Waals surface area contributed by atoms with Gasteiger partial charge < -0.3 is 19.5 Å². The van der Waals surface area contributed by atoms with Gasteiger partial charge in [-0.3, -0.25) is 4.79 Å². The highest BCUT2D eigenvalue weighted by Gasteiger charge is 2.30. The number of carbonyl (C=O) groups is 1. The zero-order valence-corrected chi connectivity index (χ0v) is 17.3. The van der Waals surface area contributed by atoms with E-state index in [2.05, 4.69) is 37.1 Å². The van der Waals surface area contributed by atoms with E-state index in [0.29, 0.717) is 19.0 Å². The number of nitrogens with one attached hydrogen (secondary N) is 1. The van der Waals surface area contributed by atoms with Crippen LogP contribution in [0.15, 0.2) is 30.6 Å². The van der Waals surface area contributed by atoms with Crippen molar-refractivity contribution >= 4 is 18.3 Å². The normalized spacial score (nSPS) is 16.9. The highest BCUT2D eigenvalue weighted by Crippen LogP contribution is 2.24. The second kappa shape index (κ2) is 9.24. The van der Waals surface area contributed by atoms with Crippen molar-refractivity contribution in [3.63, 3.8) is 0 Å². The topological polar surface area (TPSA) is 59.4 Å². The molecule has 3 rings (SSSR count). The van der Waals surface area contributed by atoms with E-state index in [0.717, 1.165) is 18.1 Å². The summed E-state index contributed by atoms with van der Waals surface area (Å²) >= 11 is 0. The van der Waals surface area contributed by atoms with Crippen LogP contribution in [-0.2, 0) is 11.8 Å². The SMILES string of the molecule is Cc1cc(OCC(=O)N2CCNCC2c2nccn2C)ccc1C(C)C.Cl. The molecule has 0 aliphatic carbocycles. The number of amides is 1. The third kappa shape index (κ3) is 4.82. The first kappa shape index (κ1) is 21.3. The number of carbonyl (C=O) groups excluding carboxylic acids is 1. The number of aryl methyl sites for hydroxylation is 2. The number of rotatable bonds is 5. The molecule has 2 heterocycles. The summed E-state index contributed by atoms with van der Waals surface area (Å²) in [5, 5.41) is 3.35. The largest absolute Gasteiger partial charge is 0.484 e. The van der Waals surface area contributed by atoms with Crippen molar-refractivity contribution in [2.75, 3.05) is 26.2 Å². The van der Waals surface area contributed by atoms with Crippen molar-refractivity contribution in [3.05, 3.63) is 47.5 Å². The van der Waals surface area contributed by atoms with Crippen molar-refractivity contribution in [1.29, 1.82) is 0 Å². The maximum atomic E-state index is 12.8. The fourth-order valence-corrected chi connectivity index (χ4v) is 3.55. The Hall–Kier alpha value is -2.05. The van der Waals surface area contributed by atoms with Gasteiger partial charge in [0, 0.05) is 39.1 Å². The molecule has 0 saturated carbocycles. The number of ether oxygens (including phenoxy) is 1. The molecule has 2 aromatic rings. The number of hydrogen-bond acceptors (Lipinski definition) is 4. The number of halogens is 1. The van der Waals surface area contributed by atoms with E-state index in [-0.39, 0.29) is 31.0 Å². The first-order valence-corrected chi connectivity index (χ1v) is 9.18. The van der Waals surface area contributed by atoms with Crippen LogP contribution in [0.25, 0.3) is 0 Å². The third-order valence-electron chi connectivity index (χ3n) is 4.95. The molecule has 1 unspecified atom stereocenters. The van der Waals surface area contributed by atoms with Crippen LogP contribution >= 0.6 is 12.4 Å². The molecule has 6 nitrogen and oxygen atoms in total. The van der Waals surface area contributed by atoms with Gasteiger partial charge in [-0.2, -0.15) is 0 Å². The van der Waals surface area contributed by atoms with Gasteiger partial charge in [0.2, 0.25) is 0 Å². The van der Waals surface area contributed by atoms with Gasteiger partial charge in [-0.15, -0.1) is 12.4 Å². The lowest BCUT2D eigenvalue weighted by atomic mass is 9.98. The minimum atomic E-state index is -0.0649. The average molecular weight is 393 g/mol. The van der Waals surface area contributed by atoms with E-state index in [1.807, 2.05) is 34.8 Å². The summed E-state index contributed by atoms with van der Waals surface area (Å²) in [5.74, 6) is 2.10. The molecule has 0 bridgehead atoms. The fraction of sp³-hybridized carbons (Fsp3) is 0.500. The van der Waals surface area contributed by atoms with Crippen LogP contribution < -0.4 is 10.1 Å². The van der Waals surface area contributed by atoms with E-state index < -0.39 is 0 Å². The Morgan fingerprint density at radius 2 is 2.19 bits per heavy atom. The van der Waals surface area contributed by atoms with E-state index >= 15 is 0 Å². The molecule has 148 valence electrons. The minimum absolute atomic E-state index is 0. The van der Waals surface area contributed by atoms with E-state index in [1.54, 1.807) is 6.20 Å². The van der Waals surface area contributed by atoms with Gasteiger partial charge >= 0.3 is 0 Å². The summed E-state index contributed by atoms with van der Waals surface area (Å²) in [7, 11) is 1.95. The molecule has 0 radical (unpaired) electrons. The van der Waals surface area contributed by atoms with Gasteiger partial charge in [-0.05, 0) is 36.1 Å². The monoisotopic (exact) mass is 392 g/mol. The van der Waals surface area contributed by atoms with E-state index in [1.165, 1.54) is 11.1 Å². The Kier molecular flexibility index (Phi) is 7.27. The standard InChI is InChI=1S/C20H28N4O2.ClH/c1-14(2)17-6-5-16(11-15(17)3)26-13-19(25)24-10-7-21-12-18(24)20-22-8-9-23(20)4;/h5-6,8-9,11,14,18,21H,7,10,12-13H2,1-4H3;1H. The molecule has 1 aromatic heterocycles. The third-order valence-corrected chi connectivity index (χ3v) is 4.95. The summed E-state index contributed by atoms with van der Waals surface area (Å²) in [4.78, 5) is 19.1. The maximum Gasteiger partial charge on any atom is 0.261 e. The molecule has 1 aromatic carbocycles. The zero-order chi connectivity index (χ0) is 18.7. The molecule has 0 spiro atoms. The molecule has 7 heteroatoms. The maximum absolute atomic E-state index is 12.8. The first-order chi connectivity index (χ1) is 12.5. The second-order valence-corrected chi connectivity index (χ2v) is 7.17. The van der Waals surface area contributed by atoms with Gasteiger partial charge in [0.25, 0.3) is 5.91 Å². The molecule has 1 amide bonds. The molecule has 27 heavy (non-hydrogen) atoms. The summed E-state index contributed by atoms with van der Waals surface area (Å²) < 4.78 is 7.76. The van der Waals surface area contributed by atoms with Crippen molar-refractivity contribution in [3.8, 4) is 5.75 Å². The number of nitrogens with zero attached hydrogens (tertiary/aromatic N) is 3. The van der Waals surface area contributed by atoms with Crippen LogP contribution in [0, 0.1) is 6.92 Å². The van der Waals surface area contributed by atoms with Gasteiger partial charge in [-0.25, -0.2) is 4.98 Å². The lowest BCUT2D eigenvalue weighted by Crippen LogP contribution is -2.50. The van der Waals surface area contributed by atoms with Crippen LogP contribution in [0.2, 0.25) is 0 Å². The first-order valence-electron chi connectivity index (χ1n) is 9.18. The fourth-order valence-electron chi connectivity index (χ4n) is 3.55. The lowest BCUT2D eigenvalue weighted by molar-refractivity contribution is -0.137. The number of piperazine rings is 1. The molecule has 1 fully saturated rings. The smallest absolute Gasteiger partial charge is 0.261 e. The highest BCUT2D eigenvalue weighted by atomic mass is 35.5. The predicted molar refractivity (Wildman–Crippen MR) is 109 cm³/mol. The van der Waals surface area contributed by atoms with Crippen molar-refractivity contribution in [2.24, 2.45) is 7.05 Å². The molecule has 1 saturated heterocycles. The van der Waals surface area contributed by atoms with Crippen LogP contribution in [0.1, 0.15) is 42.8 Å². The van der Waals surface area contributed by atoms with E-state index in [4.69, 9.17) is 4.74 Å².